The zero-order valence-electron chi connectivity index (χ0n) is 12.2. The number of rotatable bonds is 3. The van der Waals surface area contributed by atoms with E-state index in [-0.39, 0.29) is 12.1 Å². The van der Waals surface area contributed by atoms with Crippen molar-refractivity contribution in [2.45, 2.75) is 26.8 Å². The van der Waals surface area contributed by atoms with Crippen molar-refractivity contribution in [1.82, 2.24) is 5.32 Å². The summed E-state index contributed by atoms with van der Waals surface area (Å²) in [5.74, 6) is 0. The number of thiophene rings is 1. The van der Waals surface area contributed by atoms with E-state index in [0.717, 1.165) is 16.0 Å². The summed E-state index contributed by atoms with van der Waals surface area (Å²) in [4.78, 5) is 13.1. The zero-order chi connectivity index (χ0) is 15.4. The molecule has 21 heavy (non-hydrogen) atoms. The predicted octanol–water partition coefficient (Wildman–Crippen LogP) is 4.12. The van der Waals surface area contributed by atoms with Gasteiger partial charge in [0.2, 0.25) is 0 Å². The van der Waals surface area contributed by atoms with Crippen LogP contribution in [0.1, 0.15) is 34.5 Å². The van der Waals surface area contributed by atoms with Gasteiger partial charge in [-0.15, -0.1) is 11.3 Å². The van der Waals surface area contributed by atoms with Crippen LogP contribution in [0.15, 0.2) is 30.3 Å². The molecule has 0 unspecified atom stereocenters. The van der Waals surface area contributed by atoms with Crippen molar-refractivity contribution >= 4 is 22.4 Å². The second kappa shape index (κ2) is 6.42. The van der Waals surface area contributed by atoms with Gasteiger partial charge in [-0.2, -0.15) is 5.26 Å². The molecule has 0 fully saturated rings. The monoisotopic (exact) mass is 299 g/mol. The summed E-state index contributed by atoms with van der Waals surface area (Å²) in [5, 5.41) is 15.4. The van der Waals surface area contributed by atoms with E-state index in [9.17, 15) is 10.1 Å². The number of hydrogen-bond acceptors (Lipinski definition) is 3. The molecule has 5 heteroatoms. The second-order valence-corrected chi connectivity index (χ2v) is 6.05. The predicted molar refractivity (Wildman–Crippen MR) is 85.5 cm³/mol. The fourth-order valence-electron chi connectivity index (χ4n) is 2.01. The number of hydrogen-bond donors (Lipinski definition) is 2. The van der Waals surface area contributed by atoms with Gasteiger partial charge >= 0.3 is 6.03 Å². The lowest BCUT2D eigenvalue weighted by atomic mass is 10.1. The van der Waals surface area contributed by atoms with Gasteiger partial charge in [-0.05, 0) is 31.9 Å². The van der Waals surface area contributed by atoms with Gasteiger partial charge in [0.15, 0.2) is 0 Å². The summed E-state index contributed by atoms with van der Waals surface area (Å²) in [5.41, 5.74) is 2.50. The maximum Gasteiger partial charge on any atom is 0.320 e. The molecule has 1 atom stereocenters. The minimum atomic E-state index is -0.302. The Morgan fingerprint density at radius 1 is 1.29 bits per heavy atom. The topological polar surface area (TPSA) is 64.9 Å². The number of nitriles is 1. The first-order valence-electron chi connectivity index (χ1n) is 6.65. The number of anilines is 1. The van der Waals surface area contributed by atoms with E-state index >= 15 is 0 Å². The van der Waals surface area contributed by atoms with Crippen LogP contribution in [0.25, 0.3) is 0 Å². The van der Waals surface area contributed by atoms with Crippen LogP contribution in [-0.4, -0.2) is 6.03 Å². The van der Waals surface area contributed by atoms with E-state index < -0.39 is 0 Å². The molecule has 0 saturated carbocycles. The van der Waals surface area contributed by atoms with Gasteiger partial charge in [0, 0.05) is 4.88 Å². The third-order valence-electron chi connectivity index (χ3n) is 3.37. The van der Waals surface area contributed by atoms with E-state index in [1.807, 2.05) is 51.1 Å². The van der Waals surface area contributed by atoms with Crippen molar-refractivity contribution in [2.75, 3.05) is 5.32 Å². The molecule has 2 N–H and O–H groups in total. The van der Waals surface area contributed by atoms with E-state index in [4.69, 9.17) is 0 Å². The van der Waals surface area contributed by atoms with Gasteiger partial charge in [-0.25, -0.2) is 4.79 Å². The summed E-state index contributed by atoms with van der Waals surface area (Å²) in [6, 6.07) is 11.5. The number of carbonyl (C=O) groups is 1. The summed E-state index contributed by atoms with van der Waals surface area (Å²) < 4.78 is 0. The summed E-state index contributed by atoms with van der Waals surface area (Å²) in [7, 11) is 0. The molecule has 4 nitrogen and oxygen atoms in total. The molecule has 1 heterocycles. The minimum absolute atomic E-state index is 0.0982. The Hall–Kier alpha value is -2.32. The summed E-state index contributed by atoms with van der Waals surface area (Å²) in [6.45, 7) is 5.75. The van der Waals surface area contributed by atoms with Crippen LogP contribution in [0.5, 0.6) is 0 Å². The molecule has 0 aliphatic heterocycles. The Balaban J connectivity index is 2.06. The van der Waals surface area contributed by atoms with Gasteiger partial charge in [0.1, 0.15) is 11.1 Å². The van der Waals surface area contributed by atoms with Crippen molar-refractivity contribution in [3.05, 3.63) is 51.9 Å². The molecule has 0 aliphatic carbocycles. The van der Waals surface area contributed by atoms with Crippen molar-refractivity contribution in [3.63, 3.8) is 0 Å². The molecule has 0 radical (unpaired) electrons. The highest BCUT2D eigenvalue weighted by Gasteiger charge is 2.15. The molecule has 1 aromatic heterocycles. The smallest absolute Gasteiger partial charge is 0.320 e. The van der Waals surface area contributed by atoms with E-state index in [2.05, 4.69) is 16.7 Å². The lowest BCUT2D eigenvalue weighted by Crippen LogP contribution is -2.31. The Morgan fingerprint density at radius 3 is 2.57 bits per heavy atom. The Morgan fingerprint density at radius 2 is 1.95 bits per heavy atom. The maximum absolute atomic E-state index is 12.1. The fraction of sp³-hybridized carbons (Fsp3) is 0.250. The van der Waals surface area contributed by atoms with Crippen LogP contribution in [-0.2, 0) is 0 Å². The first-order chi connectivity index (χ1) is 10.0. The Labute approximate surface area is 128 Å². The van der Waals surface area contributed by atoms with Crippen LogP contribution in [0, 0.1) is 25.2 Å². The molecule has 108 valence electrons. The van der Waals surface area contributed by atoms with Crippen LogP contribution in [0.2, 0.25) is 0 Å². The Kier molecular flexibility index (Phi) is 4.61. The first-order valence-corrected chi connectivity index (χ1v) is 7.47. The number of nitrogens with zero attached hydrogens (tertiary/aromatic N) is 1. The molecule has 0 spiro atoms. The largest absolute Gasteiger partial charge is 0.331 e. The molecule has 1 aromatic carbocycles. The number of nitrogens with one attached hydrogen (secondary N) is 2. The molecule has 2 aromatic rings. The number of aryl methyl sites for hydroxylation is 1. The average molecular weight is 299 g/mol. The van der Waals surface area contributed by atoms with Crippen LogP contribution < -0.4 is 10.6 Å². The third-order valence-corrected chi connectivity index (χ3v) is 4.49. The van der Waals surface area contributed by atoms with Gasteiger partial charge < -0.3 is 5.32 Å². The molecule has 2 rings (SSSR count). The third kappa shape index (κ3) is 3.41. The second-order valence-electron chi connectivity index (χ2n) is 4.83. The van der Waals surface area contributed by atoms with Crippen LogP contribution in [0.4, 0.5) is 9.80 Å². The summed E-state index contributed by atoms with van der Waals surface area (Å²) >= 11 is 1.42. The number of urea groups is 1. The average Bonchev–Trinajstić information content (AvgIpc) is 2.73. The van der Waals surface area contributed by atoms with Crippen LogP contribution in [0.3, 0.4) is 0 Å². The lowest BCUT2D eigenvalue weighted by Gasteiger charge is -2.14. The maximum atomic E-state index is 12.1. The highest BCUT2D eigenvalue weighted by Crippen LogP contribution is 2.31. The molecule has 0 saturated heterocycles. The fourth-order valence-corrected chi connectivity index (χ4v) is 3.02. The van der Waals surface area contributed by atoms with Gasteiger partial charge in [-0.3, -0.25) is 5.32 Å². The van der Waals surface area contributed by atoms with E-state index in [0.29, 0.717) is 10.6 Å². The zero-order valence-corrected chi connectivity index (χ0v) is 13.0. The Bertz CT molecular complexity index is 686. The highest BCUT2D eigenvalue weighted by atomic mass is 32.1. The minimum Gasteiger partial charge on any atom is -0.331 e. The van der Waals surface area contributed by atoms with E-state index in [1.54, 1.807) is 0 Å². The van der Waals surface area contributed by atoms with Gasteiger partial charge in [0.05, 0.1) is 11.6 Å². The molecule has 0 bridgehead atoms. The lowest BCUT2D eigenvalue weighted by molar-refractivity contribution is 0.249. The molecular weight excluding hydrogens is 282 g/mol. The first kappa shape index (κ1) is 15.1. The van der Waals surface area contributed by atoms with Crippen LogP contribution >= 0.6 is 11.3 Å². The summed E-state index contributed by atoms with van der Waals surface area (Å²) in [6.07, 6.45) is 0. The standard InChI is InChI=1S/C16H17N3OS/c1-10-12(3)21-15(14(10)9-17)19-16(20)18-11(2)13-7-5-4-6-8-13/h4-8,11H,1-3H3,(H2,18,19,20)/t11-/m0/s1. The normalized spacial score (nSPS) is 11.5. The van der Waals surface area contributed by atoms with Crippen molar-refractivity contribution in [3.8, 4) is 6.07 Å². The van der Waals surface area contributed by atoms with Gasteiger partial charge in [-0.1, -0.05) is 30.3 Å². The molecule has 2 amide bonds. The molecular formula is C16H17N3OS. The van der Waals surface area contributed by atoms with Crippen molar-refractivity contribution in [2.24, 2.45) is 0 Å². The van der Waals surface area contributed by atoms with Gasteiger partial charge in [0.25, 0.3) is 0 Å². The quantitative estimate of drug-likeness (QED) is 0.895. The van der Waals surface area contributed by atoms with Crippen molar-refractivity contribution in [1.29, 1.82) is 5.26 Å². The number of amides is 2. The molecule has 0 aliphatic rings. The number of benzene rings is 1. The highest BCUT2D eigenvalue weighted by molar-refractivity contribution is 7.16. The van der Waals surface area contributed by atoms with Crippen molar-refractivity contribution < 1.29 is 4.79 Å². The SMILES string of the molecule is Cc1sc(NC(=O)N[C@@H](C)c2ccccc2)c(C#N)c1C. The van der Waals surface area contributed by atoms with E-state index in [1.165, 1.54) is 11.3 Å². The number of carbonyl (C=O) groups excluding carboxylic acids is 1.